The van der Waals surface area contributed by atoms with Crippen LogP contribution >= 0.6 is 11.3 Å². The van der Waals surface area contributed by atoms with E-state index in [9.17, 15) is 18.0 Å². The molecule has 0 aliphatic carbocycles. The maximum atomic E-state index is 13.3. The van der Waals surface area contributed by atoms with Crippen LogP contribution in [0.2, 0.25) is 0 Å². The summed E-state index contributed by atoms with van der Waals surface area (Å²) >= 11 is 1.56. The molecular weight excluding hydrogens is 453 g/mol. The van der Waals surface area contributed by atoms with Crippen molar-refractivity contribution in [3.63, 3.8) is 0 Å². The number of methoxy groups -OCH3 is 2. The molecule has 1 atom stereocenters. The lowest BCUT2D eigenvalue weighted by atomic mass is 9.91. The van der Waals surface area contributed by atoms with E-state index in [0.29, 0.717) is 24.5 Å². The van der Waals surface area contributed by atoms with E-state index in [1.54, 1.807) is 25.6 Å². The number of anilines is 1. The van der Waals surface area contributed by atoms with Gasteiger partial charge in [-0.2, -0.15) is 13.2 Å². The van der Waals surface area contributed by atoms with Crippen LogP contribution in [0.15, 0.2) is 53.9 Å². The number of nitrogens with zero attached hydrogens (tertiary/aromatic N) is 1. The number of rotatable bonds is 6. The summed E-state index contributed by atoms with van der Waals surface area (Å²) in [5.41, 5.74) is 0.968. The first-order chi connectivity index (χ1) is 15.8. The number of hydrogen-bond acceptors (Lipinski definition) is 5. The molecule has 33 heavy (non-hydrogen) atoms. The van der Waals surface area contributed by atoms with Crippen LogP contribution < -0.4 is 14.8 Å². The molecule has 9 heteroatoms. The van der Waals surface area contributed by atoms with Crippen molar-refractivity contribution in [2.24, 2.45) is 0 Å². The van der Waals surface area contributed by atoms with Gasteiger partial charge in [-0.25, -0.2) is 0 Å². The smallest absolute Gasteiger partial charge is 0.418 e. The maximum Gasteiger partial charge on any atom is 0.418 e. The number of ether oxygens (including phenoxy) is 2. The molecule has 1 aliphatic heterocycles. The van der Waals surface area contributed by atoms with E-state index in [0.717, 1.165) is 22.1 Å². The molecule has 174 valence electrons. The lowest BCUT2D eigenvalue weighted by Gasteiger charge is -2.37. The molecule has 5 nitrogen and oxygen atoms in total. The third kappa shape index (κ3) is 4.84. The fourth-order valence-electron chi connectivity index (χ4n) is 4.16. The second-order valence-electron chi connectivity index (χ2n) is 7.64. The monoisotopic (exact) mass is 476 g/mol. The number of alkyl halides is 3. The Morgan fingerprint density at radius 2 is 1.85 bits per heavy atom. The lowest BCUT2D eigenvalue weighted by molar-refractivity contribution is -0.137. The van der Waals surface area contributed by atoms with Crippen molar-refractivity contribution in [1.29, 1.82) is 0 Å². The van der Waals surface area contributed by atoms with Crippen molar-refractivity contribution in [2.45, 2.75) is 18.6 Å². The van der Waals surface area contributed by atoms with Crippen molar-refractivity contribution in [3.8, 4) is 11.5 Å². The van der Waals surface area contributed by atoms with Gasteiger partial charge < -0.3 is 14.8 Å². The van der Waals surface area contributed by atoms with E-state index in [-0.39, 0.29) is 18.3 Å². The first kappa shape index (κ1) is 23.1. The third-order valence-corrected chi connectivity index (χ3v) is 6.56. The third-order valence-electron chi connectivity index (χ3n) is 5.64. The van der Waals surface area contributed by atoms with Gasteiger partial charge >= 0.3 is 6.18 Å². The summed E-state index contributed by atoms with van der Waals surface area (Å²) in [6.07, 6.45) is -3.88. The first-order valence-electron chi connectivity index (χ1n) is 10.3. The summed E-state index contributed by atoms with van der Waals surface area (Å²) < 4.78 is 50.9. The number of carbonyl (C=O) groups is 1. The molecule has 1 aliphatic rings. The predicted octanol–water partition coefficient (Wildman–Crippen LogP) is 5.37. The van der Waals surface area contributed by atoms with E-state index < -0.39 is 17.6 Å². The molecule has 1 N–H and O–H groups in total. The highest BCUT2D eigenvalue weighted by Gasteiger charge is 2.35. The molecule has 2 heterocycles. The molecule has 2 aromatic carbocycles. The highest BCUT2D eigenvalue weighted by molar-refractivity contribution is 7.10. The Morgan fingerprint density at radius 3 is 2.52 bits per heavy atom. The first-order valence-corrected chi connectivity index (χ1v) is 11.2. The van der Waals surface area contributed by atoms with Gasteiger partial charge in [0, 0.05) is 11.4 Å². The minimum Gasteiger partial charge on any atom is -0.493 e. The molecule has 0 radical (unpaired) electrons. The highest BCUT2D eigenvalue weighted by Crippen LogP contribution is 2.42. The van der Waals surface area contributed by atoms with Crippen molar-refractivity contribution >= 4 is 22.9 Å². The maximum absolute atomic E-state index is 13.3. The zero-order chi connectivity index (χ0) is 23.6. The van der Waals surface area contributed by atoms with E-state index >= 15 is 0 Å². The largest absolute Gasteiger partial charge is 0.493 e. The van der Waals surface area contributed by atoms with Gasteiger partial charge in [0.05, 0.1) is 38.1 Å². The van der Waals surface area contributed by atoms with Crippen molar-refractivity contribution in [3.05, 3.63) is 75.5 Å². The summed E-state index contributed by atoms with van der Waals surface area (Å²) in [5, 5.41) is 4.41. The van der Waals surface area contributed by atoms with Gasteiger partial charge in [0.25, 0.3) is 0 Å². The highest BCUT2D eigenvalue weighted by atomic mass is 32.1. The van der Waals surface area contributed by atoms with Gasteiger partial charge in [-0.05, 0) is 53.3 Å². The van der Waals surface area contributed by atoms with Crippen LogP contribution in [-0.2, 0) is 17.4 Å². The summed E-state index contributed by atoms with van der Waals surface area (Å²) in [6.45, 7) is 0.516. The Labute approximate surface area is 193 Å². The van der Waals surface area contributed by atoms with Gasteiger partial charge in [-0.1, -0.05) is 18.2 Å². The number of thiophene rings is 1. The average Bonchev–Trinajstić information content (AvgIpc) is 3.32. The Kier molecular flexibility index (Phi) is 6.62. The Bertz CT molecular complexity index is 1130. The van der Waals surface area contributed by atoms with E-state index in [1.807, 2.05) is 34.5 Å². The summed E-state index contributed by atoms with van der Waals surface area (Å²) in [4.78, 5) is 15.9. The van der Waals surface area contributed by atoms with Gasteiger partial charge in [0.1, 0.15) is 0 Å². The van der Waals surface area contributed by atoms with Crippen LogP contribution in [0.3, 0.4) is 0 Å². The van der Waals surface area contributed by atoms with Gasteiger partial charge in [0.15, 0.2) is 11.5 Å². The standard InChI is InChI=1S/C24H23F3N2O3S/c1-31-19-12-15-9-10-29(23(21-8-5-11-33-21)16(15)13-20(19)32-2)14-22(30)28-18-7-4-3-6-17(18)24(25,26)27/h3-8,11-13,23H,9-10,14H2,1-2H3,(H,28,30)/t23-/m1/s1. The van der Waals surface area contributed by atoms with Crippen molar-refractivity contribution in [1.82, 2.24) is 4.90 Å². The minimum atomic E-state index is -4.55. The molecule has 0 fully saturated rings. The van der Waals surface area contributed by atoms with E-state index in [1.165, 1.54) is 18.2 Å². The Balaban J connectivity index is 1.63. The summed E-state index contributed by atoms with van der Waals surface area (Å²) in [5.74, 6) is 0.719. The average molecular weight is 477 g/mol. The number of fused-ring (bicyclic) bond motifs is 1. The molecular formula is C24H23F3N2O3S. The second-order valence-corrected chi connectivity index (χ2v) is 8.62. The second kappa shape index (κ2) is 9.44. The molecule has 3 aromatic rings. The van der Waals surface area contributed by atoms with E-state index in [2.05, 4.69) is 5.32 Å². The van der Waals surface area contributed by atoms with Crippen LogP contribution in [0, 0.1) is 0 Å². The quantitative estimate of drug-likeness (QED) is 0.520. The van der Waals surface area contributed by atoms with Crippen LogP contribution in [0.1, 0.15) is 27.6 Å². The fraction of sp³-hybridized carbons (Fsp3) is 0.292. The predicted molar refractivity (Wildman–Crippen MR) is 121 cm³/mol. The molecule has 0 bridgehead atoms. The van der Waals surface area contributed by atoms with Gasteiger partial charge in [-0.3, -0.25) is 9.69 Å². The summed E-state index contributed by atoms with van der Waals surface area (Å²) in [6, 6.07) is 12.6. The molecule has 0 spiro atoms. The molecule has 0 saturated heterocycles. The van der Waals surface area contributed by atoms with Crippen molar-refractivity contribution < 1.29 is 27.4 Å². The van der Waals surface area contributed by atoms with Crippen LogP contribution in [0.25, 0.3) is 0 Å². The Morgan fingerprint density at radius 1 is 1.12 bits per heavy atom. The number of halogens is 3. The van der Waals surface area contributed by atoms with Crippen LogP contribution in [0.4, 0.5) is 18.9 Å². The SMILES string of the molecule is COc1cc2c(cc1OC)[C@H](c1cccs1)N(CC(=O)Nc1ccccc1C(F)(F)F)CC2. The molecule has 0 saturated carbocycles. The topological polar surface area (TPSA) is 50.8 Å². The minimum absolute atomic E-state index is 0.0530. The van der Waals surface area contributed by atoms with Crippen LogP contribution in [-0.4, -0.2) is 38.1 Å². The fourth-order valence-corrected chi connectivity index (χ4v) is 5.04. The normalized spacial score (nSPS) is 16.2. The zero-order valence-electron chi connectivity index (χ0n) is 18.1. The summed E-state index contributed by atoms with van der Waals surface area (Å²) in [7, 11) is 3.15. The zero-order valence-corrected chi connectivity index (χ0v) is 18.9. The molecule has 1 amide bonds. The molecule has 1 aromatic heterocycles. The molecule has 0 unspecified atom stereocenters. The van der Waals surface area contributed by atoms with Crippen LogP contribution in [0.5, 0.6) is 11.5 Å². The number of para-hydroxylation sites is 1. The van der Waals surface area contributed by atoms with Gasteiger partial charge in [-0.15, -0.1) is 11.3 Å². The van der Waals surface area contributed by atoms with E-state index in [4.69, 9.17) is 9.47 Å². The van der Waals surface area contributed by atoms with Crippen molar-refractivity contribution in [2.75, 3.05) is 32.6 Å². The number of nitrogens with one attached hydrogen (secondary N) is 1. The number of carbonyl (C=O) groups excluding carboxylic acids is 1. The lowest BCUT2D eigenvalue weighted by Crippen LogP contribution is -2.41. The number of hydrogen-bond donors (Lipinski definition) is 1. The molecule has 4 rings (SSSR count). The number of benzene rings is 2. The number of amides is 1. The Hall–Kier alpha value is -3.04. The van der Waals surface area contributed by atoms with Gasteiger partial charge in [0.2, 0.25) is 5.91 Å².